The lowest BCUT2D eigenvalue weighted by atomic mass is 10.2. The summed E-state index contributed by atoms with van der Waals surface area (Å²) in [6, 6.07) is 22.6. The normalized spacial score (nSPS) is 13.0. The SMILES string of the molecule is CCOc1ccc(-n2c(SCC(=O)N3CCSc4ccccc43)nc3ccccc3c2=O)cc1. The molecule has 1 aliphatic heterocycles. The minimum atomic E-state index is -0.163. The average molecular weight is 490 g/mol. The second kappa shape index (κ2) is 9.95. The van der Waals surface area contributed by atoms with Crippen LogP contribution in [0.25, 0.3) is 16.6 Å². The molecule has 5 rings (SSSR count). The van der Waals surface area contributed by atoms with Crippen LogP contribution in [0.5, 0.6) is 5.75 Å². The summed E-state index contributed by atoms with van der Waals surface area (Å²) in [7, 11) is 0. The smallest absolute Gasteiger partial charge is 0.266 e. The van der Waals surface area contributed by atoms with Crippen LogP contribution in [0.3, 0.4) is 0 Å². The van der Waals surface area contributed by atoms with Crippen molar-refractivity contribution in [3.63, 3.8) is 0 Å². The highest BCUT2D eigenvalue weighted by Crippen LogP contribution is 2.35. The summed E-state index contributed by atoms with van der Waals surface area (Å²) in [5.41, 5.74) is 2.08. The van der Waals surface area contributed by atoms with E-state index in [1.165, 1.54) is 11.8 Å². The van der Waals surface area contributed by atoms with Gasteiger partial charge in [-0.25, -0.2) is 4.98 Å². The Hall–Kier alpha value is -3.23. The highest BCUT2D eigenvalue weighted by atomic mass is 32.2. The quantitative estimate of drug-likeness (QED) is 0.280. The third-order valence-corrected chi connectivity index (χ3v) is 7.47. The molecule has 1 aromatic heterocycles. The predicted molar refractivity (Wildman–Crippen MR) is 139 cm³/mol. The molecule has 2 heterocycles. The van der Waals surface area contributed by atoms with Crippen molar-refractivity contribution in [1.82, 2.24) is 9.55 Å². The molecule has 3 aromatic carbocycles. The molecule has 0 atom stereocenters. The molecule has 6 nitrogen and oxygen atoms in total. The number of amides is 1. The van der Waals surface area contributed by atoms with Crippen LogP contribution >= 0.6 is 23.5 Å². The number of rotatable bonds is 6. The number of fused-ring (bicyclic) bond motifs is 2. The first kappa shape index (κ1) is 22.6. The van der Waals surface area contributed by atoms with Crippen molar-refractivity contribution in [2.75, 3.05) is 29.6 Å². The first-order chi connectivity index (χ1) is 16.7. The van der Waals surface area contributed by atoms with Gasteiger partial charge in [0.1, 0.15) is 5.75 Å². The van der Waals surface area contributed by atoms with E-state index in [0.29, 0.717) is 34.9 Å². The molecule has 1 aliphatic rings. The van der Waals surface area contributed by atoms with E-state index in [2.05, 4.69) is 0 Å². The van der Waals surface area contributed by atoms with Gasteiger partial charge in [0, 0.05) is 17.2 Å². The monoisotopic (exact) mass is 489 g/mol. The van der Waals surface area contributed by atoms with Gasteiger partial charge >= 0.3 is 0 Å². The van der Waals surface area contributed by atoms with Gasteiger partial charge in [-0.3, -0.25) is 14.2 Å². The van der Waals surface area contributed by atoms with Gasteiger partial charge in [-0.05, 0) is 55.5 Å². The van der Waals surface area contributed by atoms with Crippen molar-refractivity contribution in [2.45, 2.75) is 17.0 Å². The lowest BCUT2D eigenvalue weighted by Crippen LogP contribution is -2.36. The zero-order chi connectivity index (χ0) is 23.5. The molecule has 0 radical (unpaired) electrons. The van der Waals surface area contributed by atoms with Gasteiger partial charge in [0.25, 0.3) is 5.56 Å². The molecule has 0 aliphatic carbocycles. The molecule has 8 heteroatoms. The minimum absolute atomic E-state index is 0.00148. The van der Waals surface area contributed by atoms with E-state index >= 15 is 0 Å². The Morgan fingerprint density at radius 3 is 2.65 bits per heavy atom. The molecule has 0 fully saturated rings. The number of nitrogens with zero attached hydrogens (tertiary/aromatic N) is 3. The Bertz CT molecular complexity index is 1400. The zero-order valence-corrected chi connectivity index (χ0v) is 20.3. The highest BCUT2D eigenvalue weighted by molar-refractivity contribution is 8.00. The molecule has 0 spiro atoms. The molecule has 0 saturated heterocycles. The Labute approximate surface area is 206 Å². The predicted octanol–water partition coefficient (Wildman–Crippen LogP) is 5.02. The standard InChI is InChI=1S/C26H23N3O3S2/c1-2-32-19-13-11-18(12-14-19)29-25(31)20-7-3-4-8-21(20)27-26(29)34-17-24(30)28-15-16-33-23-10-6-5-9-22(23)28/h3-14H,2,15-17H2,1H3. The summed E-state index contributed by atoms with van der Waals surface area (Å²) < 4.78 is 7.12. The number of aromatic nitrogens is 2. The molecular formula is C26H23N3O3S2. The Kier molecular flexibility index (Phi) is 6.60. The van der Waals surface area contributed by atoms with Crippen molar-refractivity contribution in [3.8, 4) is 11.4 Å². The van der Waals surface area contributed by atoms with Crippen molar-refractivity contribution in [3.05, 3.63) is 83.2 Å². The maximum atomic E-state index is 13.5. The Balaban J connectivity index is 1.49. The van der Waals surface area contributed by atoms with Crippen molar-refractivity contribution in [2.24, 2.45) is 0 Å². The van der Waals surface area contributed by atoms with Crippen LogP contribution in [0.4, 0.5) is 5.69 Å². The van der Waals surface area contributed by atoms with Gasteiger partial charge in [-0.1, -0.05) is 36.0 Å². The summed E-state index contributed by atoms with van der Waals surface area (Å²) in [5.74, 6) is 1.77. The number of thioether (sulfide) groups is 2. The summed E-state index contributed by atoms with van der Waals surface area (Å²) >= 11 is 3.05. The van der Waals surface area contributed by atoms with E-state index < -0.39 is 0 Å². The van der Waals surface area contributed by atoms with Crippen LogP contribution < -0.4 is 15.2 Å². The van der Waals surface area contributed by atoms with Gasteiger partial charge in [-0.15, -0.1) is 11.8 Å². The maximum absolute atomic E-state index is 13.5. The third kappa shape index (κ3) is 4.43. The number of benzene rings is 3. The number of hydrogen-bond donors (Lipinski definition) is 0. The summed E-state index contributed by atoms with van der Waals surface area (Å²) in [6.07, 6.45) is 0. The largest absolute Gasteiger partial charge is 0.494 e. The fourth-order valence-electron chi connectivity index (χ4n) is 3.93. The molecule has 4 aromatic rings. The van der Waals surface area contributed by atoms with Crippen LogP contribution in [0.2, 0.25) is 0 Å². The fraction of sp³-hybridized carbons (Fsp3) is 0.192. The van der Waals surface area contributed by atoms with Crippen LogP contribution in [-0.2, 0) is 4.79 Å². The van der Waals surface area contributed by atoms with E-state index in [0.717, 1.165) is 22.1 Å². The molecule has 0 saturated carbocycles. The summed E-state index contributed by atoms with van der Waals surface area (Å²) in [5, 5.41) is 1.02. The van der Waals surface area contributed by atoms with Gasteiger partial charge in [0.15, 0.2) is 5.16 Å². The topological polar surface area (TPSA) is 64.4 Å². The number of carbonyl (C=O) groups excluding carboxylic acids is 1. The highest BCUT2D eigenvalue weighted by Gasteiger charge is 2.23. The average Bonchev–Trinajstić information content (AvgIpc) is 2.88. The Morgan fingerprint density at radius 2 is 1.82 bits per heavy atom. The van der Waals surface area contributed by atoms with E-state index in [1.807, 2.05) is 78.6 Å². The Morgan fingerprint density at radius 1 is 1.06 bits per heavy atom. The molecule has 0 bridgehead atoms. The number of anilines is 1. The molecule has 0 unspecified atom stereocenters. The van der Waals surface area contributed by atoms with Gasteiger partial charge < -0.3 is 9.64 Å². The lowest BCUT2D eigenvalue weighted by molar-refractivity contribution is -0.116. The van der Waals surface area contributed by atoms with E-state index in [-0.39, 0.29) is 17.2 Å². The first-order valence-electron chi connectivity index (χ1n) is 11.1. The second-order valence-electron chi connectivity index (χ2n) is 7.63. The number of ether oxygens (including phenoxy) is 1. The van der Waals surface area contributed by atoms with Crippen LogP contribution in [0, 0.1) is 0 Å². The number of para-hydroxylation sites is 2. The van der Waals surface area contributed by atoms with E-state index in [1.54, 1.807) is 22.4 Å². The van der Waals surface area contributed by atoms with Crippen LogP contribution in [0.15, 0.2) is 87.6 Å². The zero-order valence-electron chi connectivity index (χ0n) is 18.6. The van der Waals surface area contributed by atoms with Crippen molar-refractivity contribution in [1.29, 1.82) is 0 Å². The minimum Gasteiger partial charge on any atom is -0.494 e. The van der Waals surface area contributed by atoms with E-state index in [4.69, 9.17) is 9.72 Å². The van der Waals surface area contributed by atoms with Crippen molar-refractivity contribution >= 4 is 46.0 Å². The van der Waals surface area contributed by atoms with Gasteiger partial charge in [-0.2, -0.15) is 0 Å². The molecule has 1 amide bonds. The van der Waals surface area contributed by atoms with Gasteiger partial charge in [0.05, 0.1) is 34.6 Å². The maximum Gasteiger partial charge on any atom is 0.266 e. The lowest BCUT2D eigenvalue weighted by Gasteiger charge is -2.29. The number of carbonyl (C=O) groups is 1. The molecule has 172 valence electrons. The summed E-state index contributed by atoms with van der Waals surface area (Å²) in [4.78, 5) is 34.4. The molecular weight excluding hydrogens is 466 g/mol. The molecule has 34 heavy (non-hydrogen) atoms. The van der Waals surface area contributed by atoms with Crippen LogP contribution in [0.1, 0.15) is 6.92 Å². The van der Waals surface area contributed by atoms with Crippen molar-refractivity contribution < 1.29 is 9.53 Å². The number of hydrogen-bond acceptors (Lipinski definition) is 6. The third-order valence-electron chi connectivity index (χ3n) is 5.51. The molecule has 0 N–H and O–H groups in total. The van der Waals surface area contributed by atoms with Crippen LogP contribution in [-0.4, -0.2) is 40.1 Å². The second-order valence-corrected chi connectivity index (χ2v) is 9.71. The first-order valence-corrected chi connectivity index (χ1v) is 13.0. The fourth-order valence-corrected chi connectivity index (χ4v) is 5.81. The van der Waals surface area contributed by atoms with E-state index in [9.17, 15) is 9.59 Å². The van der Waals surface area contributed by atoms with Gasteiger partial charge in [0.2, 0.25) is 5.91 Å². The summed E-state index contributed by atoms with van der Waals surface area (Å²) in [6.45, 7) is 3.16.